The fourth-order valence-corrected chi connectivity index (χ4v) is 4.41. The van der Waals surface area contributed by atoms with Gasteiger partial charge in [0.25, 0.3) is 0 Å². The Balaban J connectivity index is 2.06. The molecule has 30 heavy (non-hydrogen) atoms. The Morgan fingerprint density at radius 3 is 2.43 bits per heavy atom. The van der Waals surface area contributed by atoms with Crippen LogP contribution in [0.2, 0.25) is 0 Å². The second-order valence-electron chi connectivity index (χ2n) is 7.48. The molecule has 4 rings (SSSR count). The maximum Gasteiger partial charge on any atom is 0.316 e. The van der Waals surface area contributed by atoms with Crippen LogP contribution in [0.3, 0.4) is 0 Å². The summed E-state index contributed by atoms with van der Waals surface area (Å²) >= 11 is 0. The molecule has 0 radical (unpaired) electrons. The Bertz CT molecular complexity index is 1160. The number of phenolic OH excluding ortho intramolecular Hbond substituents is 2. The molecular weight excluding hydrogens is 392 g/mol. The molecule has 2 atom stereocenters. The van der Waals surface area contributed by atoms with E-state index in [2.05, 4.69) is 0 Å². The number of rotatable bonds is 2. The topological polar surface area (TPSA) is 138 Å². The average molecular weight is 410 g/mol. The first kappa shape index (κ1) is 19.8. The van der Waals surface area contributed by atoms with Gasteiger partial charge in [-0.05, 0) is 24.1 Å². The minimum Gasteiger partial charge on any atom is -0.507 e. The number of carbonyl (C=O) groups excluding carboxylic acids is 4. The lowest BCUT2D eigenvalue weighted by Crippen LogP contribution is -2.46. The molecule has 2 aromatic carbocycles. The zero-order chi connectivity index (χ0) is 22.0. The first-order chi connectivity index (χ1) is 14.2. The normalized spacial score (nSPS) is 22.2. The number of aliphatic hydroxyl groups is 1. The number of ether oxygens (including phenoxy) is 1. The van der Waals surface area contributed by atoms with Crippen LogP contribution in [0.25, 0.3) is 0 Å². The molecule has 0 amide bonds. The van der Waals surface area contributed by atoms with Crippen LogP contribution in [0, 0.1) is 0 Å². The van der Waals surface area contributed by atoms with Crippen molar-refractivity contribution in [3.05, 3.63) is 57.6 Å². The van der Waals surface area contributed by atoms with Crippen molar-refractivity contribution in [1.82, 2.24) is 0 Å². The van der Waals surface area contributed by atoms with E-state index in [0.29, 0.717) is 0 Å². The highest BCUT2D eigenvalue weighted by atomic mass is 16.5. The molecule has 0 spiro atoms. The predicted molar refractivity (Wildman–Crippen MR) is 102 cm³/mol. The van der Waals surface area contributed by atoms with Gasteiger partial charge in [-0.3, -0.25) is 19.2 Å². The van der Waals surface area contributed by atoms with Crippen LogP contribution >= 0.6 is 0 Å². The van der Waals surface area contributed by atoms with Gasteiger partial charge in [0.1, 0.15) is 17.4 Å². The van der Waals surface area contributed by atoms with Crippen LogP contribution in [0.5, 0.6) is 11.5 Å². The van der Waals surface area contributed by atoms with E-state index in [9.17, 15) is 34.5 Å². The van der Waals surface area contributed by atoms with Crippen molar-refractivity contribution < 1.29 is 39.2 Å². The molecule has 0 aliphatic heterocycles. The molecular formula is C22H18O8. The monoisotopic (exact) mass is 410 g/mol. The van der Waals surface area contributed by atoms with Gasteiger partial charge in [0.15, 0.2) is 11.6 Å². The van der Waals surface area contributed by atoms with Gasteiger partial charge < -0.3 is 20.1 Å². The van der Waals surface area contributed by atoms with Gasteiger partial charge in [-0.25, -0.2) is 0 Å². The third-order valence-corrected chi connectivity index (χ3v) is 5.96. The number of carbonyl (C=O) groups is 4. The quantitative estimate of drug-likeness (QED) is 0.544. The summed E-state index contributed by atoms with van der Waals surface area (Å²) < 4.78 is 4.81. The second-order valence-corrected chi connectivity index (χ2v) is 7.48. The lowest BCUT2D eigenvalue weighted by molar-refractivity contribution is -0.150. The van der Waals surface area contributed by atoms with Crippen molar-refractivity contribution in [2.75, 3.05) is 7.11 Å². The summed E-state index contributed by atoms with van der Waals surface area (Å²) in [6.07, 6.45) is -0.425. The molecule has 0 fully saturated rings. The summed E-state index contributed by atoms with van der Waals surface area (Å²) in [6, 6.07) is 5.19. The number of fused-ring (bicyclic) bond motifs is 3. The highest BCUT2D eigenvalue weighted by molar-refractivity contribution is 6.31. The summed E-state index contributed by atoms with van der Waals surface area (Å²) in [5, 5.41) is 31.9. The number of phenols is 2. The maximum atomic E-state index is 13.1. The van der Waals surface area contributed by atoms with Gasteiger partial charge in [0, 0.05) is 17.5 Å². The average Bonchev–Trinajstić information content (AvgIpc) is 2.70. The predicted octanol–water partition coefficient (Wildman–Crippen LogP) is 1.86. The molecule has 3 N–H and O–H groups in total. The number of benzene rings is 2. The standard InChI is InChI=1S/C22H18O8/c1-3-22(29)8-13(24)15-10(17(22)21(28)30-2)7-11-16(20(15)27)19(26)14-9(18(11)25)5-4-6-12(14)23/h4-7,17,23,27,29H,3,8H2,1-2H3/t17-,22-/m1/s1. The lowest BCUT2D eigenvalue weighted by atomic mass is 9.67. The summed E-state index contributed by atoms with van der Waals surface area (Å²) in [6.45, 7) is 1.60. The number of aromatic hydroxyl groups is 2. The number of methoxy groups -OCH3 is 1. The molecule has 2 aliphatic carbocycles. The van der Waals surface area contributed by atoms with Crippen LogP contribution in [0.1, 0.15) is 73.4 Å². The van der Waals surface area contributed by atoms with E-state index < -0.39 is 58.3 Å². The van der Waals surface area contributed by atoms with Gasteiger partial charge in [-0.1, -0.05) is 19.1 Å². The van der Waals surface area contributed by atoms with Crippen molar-refractivity contribution in [2.24, 2.45) is 0 Å². The number of ketones is 3. The molecule has 0 aromatic heterocycles. The third kappa shape index (κ3) is 2.43. The van der Waals surface area contributed by atoms with Gasteiger partial charge in [0.05, 0.1) is 29.4 Å². The largest absolute Gasteiger partial charge is 0.507 e. The highest BCUT2D eigenvalue weighted by Gasteiger charge is 2.51. The molecule has 154 valence electrons. The van der Waals surface area contributed by atoms with Gasteiger partial charge in [-0.15, -0.1) is 0 Å². The Morgan fingerprint density at radius 1 is 1.10 bits per heavy atom. The van der Waals surface area contributed by atoms with E-state index in [4.69, 9.17) is 4.74 Å². The lowest BCUT2D eigenvalue weighted by Gasteiger charge is -2.39. The highest BCUT2D eigenvalue weighted by Crippen LogP contribution is 2.48. The molecule has 2 aromatic rings. The van der Waals surface area contributed by atoms with Crippen LogP contribution in [0.4, 0.5) is 0 Å². The molecule has 0 saturated carbocycles. The summed E-state index contributed by atoms with van der Waals surface area (Å²) in [7, 11) is 1.13. The van der Waals surface area contributed by atoms with E-state index >= 15 is 0 Å². The minimum atomic E-state index is -1.77. The minimum absolute atomic E-state index is 0.0410. The van der Waals surface area contributed by atoms with Crippen molar-refractivity contribution in [3.63, 3.8) is 0 Å². The van der Waals surface area contributed by atoms with Gasteiger partial charge in [-0.2, -0.15) is 0 Å². The maximum absolute atomic E-state index is 13.1. The van der Waals surface area contributed by atoms with Crippen LogP contribution < -0.4 is 0 Å². The first-order valence-electron chi connectivity index (χ1n) is 9.30. The smallest absolute Gasteiger partial charge is 0.316 e. The molecule has 8 heteroatoms. The summed E-state index contributed by atoms with van der Waals surface area (Å²) in [4.78, 5) is 51.4. The number of esters is 1. The van der Waals surface area contributed by atoms with Crippen molar-refractivity contribution in [1.29, 1.82) is 0 Å². The van der Waals surface area contributed by atoms with Crippen molar-refractivity contribution in [2.45, 2.75) is 31.3 Å². The van der Waals surface area contributed by atoms with E-state index in [1.54, 1.807) is 6.92 Å². The Hall–Kier alpha value is -3.52. The molecule has 0 heterocycles. The number of hydrogen-bond acceptors (Lipinski definition) is 8. The van der Waals surface area contributed by atoms with Crippen molar-refractivity contribution in [3.8, 4) is 11.5 Å². The molecule has 8 nitrogen and oxygen atoms in total. The van der Waals surface area contributed by atoms with E-state index in [-0.39, 0.29) is 34.2 Å². The Kier molecular flexibility index (Phi) is 4.28. The first-order valence-corrected chi connectivity index (χ1v) is 9.30. The SMILES string of the molecule is CC[C@@]1(O)CC(=O)c2c(cc3c(c2O)C(=O)c2c(O)cccc2C3=O)[C@@H]1C(=O)OC. The van der Waals surface area contributed by atoms with E-state index in [1.165, 1.54) is 24.3 Å². The molecule has 0 saturated heterocycles. The molecule has 0 unspecified atom stereocenters. The van der Waals surface area contributed by atoms with Crippen LogP contribution in [0.15, 0.2) is 24.3 Å². The fourth-order valence-electron chi connectivity index (χ4n) is 4.41. The van der Waals surface area contributed by atoms with E-state index in [0.717, 1.165) is 7.11 Å². The second kappa shape index (κ2) is 6.50. The third-order valence-electron chi connectivity index (χ3n) is 5.96. The number of Topliss-reactive ketones (excluding diaryl/α,β-unsaturated/α-hetero) is 1. The van der Waals surface area contributed by atoms with Crippen molar-refractivity contribution >= 4 is 23.3 Å². The van der Waals surface area contributed by atoms with Gasteiger partial charge >= 0.3 is 5.97 Å². The zero-order valence-electron chi connectivity index (χ0n) is 16.2. The molecule has 0 bridgehead atoms. The van der Waals surface area contributed by atoms with E-state index in [1.807, 2.05) is 0 Å². The Morgan fingerprint density at radius 2 is 1.80 bits per heavy atom. The van der Waals surface area contributed by atoms with Crippen LogP contribution in [-0.2, 0) is 9.53 Å². The zero-order valence-corrected chi connectivity index (χ0v) is 16.2. The fraction of sp³-hybridized carbons (Fsp3) is 0.273. The molecule has 2 aliphatic rings. The summed E-state index contributed by atoms with van der Waals surface area (Å²) in [5.41, 5.74) is -3.08. The Labute approximate surface area is 170 Å². The van der Waals surface area contributed by atoms with Crippen LogP contribution in [-0.4, -0.2) is 51.3 Å². The summed E-state index contributed by atoms with van der Waals surface area (Å²) in [5.74, 6) is -5.46. The number of hydrogen-bond donors (Lipinski definition) is 3. The van der Waals surface area contributed by atoms with Gasteiger partial charge in [0.2, 0.25) is 5.78 Å².